The zero-order chi connectivity index (χ0) is 21.8. The summed E-state index contributed by atoms with van der Waals surface area (Å²) in [6.45, 7) is 0.216. The highest BCUT2D eigenvalue weighted by Crippen LogP contribution is 2.32. The summed E-state index contributed by atoms with van der Waals surface area (Å²) < 4.78 is 0. The number of imide groups is 1. The summed E-state index contributed by atoms with van der Waals surface area (Å²) in [5, 5.41) is 5.19. The Kier molecular flexibility index (Phi) is 6.43. The van der Waals surface area contributed by atoms with Crippen molar-refractivity contribution in [2.45, 2.75) is 11.3 Å². The maximum Gasteiger partial charge on any atom is 0.293 e. The van der Waals surface area contributed by atoms with Gasteiger partial charge in [-0.2, -0.15) is 0 Å². The standard InChI is InChI=1S/C22H19N3O4S2/c26-19-8-11-30-17-7-6-15(13-16(17)24-19)20(27)23-9-10-25-21(28)18(31-22(25)29)12-14-4-2-1-3-5-14/h1-7,12-13H,8-11H2,(H,23,27)(H,24,26)/b18-12+. The molecule has 0 atom stereocenters. The zero-order valence-electron chi connectivity index (χ0n) is 16.4. The van der Waals surface area contributed by atoms with Crippen molar-refractivity contribution in [3.05, 3.63) is 64.6 Å². The van der Waals surface area contributed by atoms with Gasteiger partial charge in [0.15, 0.2) is 0 Å². The van der Waals surface area contributed by atoms with Crippen LogP contribution in [0.2, 0.25) is 0 Å². The van der Waals surface area contributed by atoms with Gasteiger partial charge in [0.25, 0.3) is 17.1 Å². The van der Waals surface area contributed by atoms with Crippen molar-refractivity contribution in [3.8, 4) is 0 Å². The lowest BCUT2D eigenvalue weighted by Crippen LogP contribution is -2.37. The van der Waals surface area contributed by atoms with Crippen LogP contribution in [-0.2, 0) is 9.59 Å². The lowest BCUT2D eigenvalue weighted by atomic mass is 10.2. The van der Waals surface area contributed by atoms with Gasteiger partial charge in [0.1, 0.15) is 0 Å². The Morgan fingerprint density at radius 1 is 1.13 bits per heavy atom. The molecule has 4 amide bonds. The number of nitrogens with one attached hydrogen (secondary N) is 2. The maximum absolute atomic E-state index is 12.6. The summed E-state index contributed by atoms with van der Waals surface area (Å²) in [5.41, 5.74) is 1.87. The molecule has 7 nitrogen and oxygen atoms in total. The fraction of sp³-hybridized carbons (Fsp3) is 0.182. The number of anilines is 1. The molecule has 0 aliphatic carbocycles. The molecule has 31 heavy (non-hydrogen) atoms. The van der Waals surface area contributed by atoms with Crippen LogP contribution in [0.1, 0.15) is 22.3 Å². The van der Waals surface area contributed by atoms with Crippen LogP contribution in [0.15, 0.2) is 58.3 Å². The molecule has 1 fully saturated rings. The Labute approximate surface area is 187 Å². The number of carbonyl (C=O) groups is 4. The van der Waals surface area contributed by atoms with Gasteiger partial charge in [-0.15, -0.1) is 11.8 Å². The van der Waals surface area contributed by atoms with Gasteiger partial charge >= 0.3 is 0 Å². The first-order valence-corrected chi connectivity index (χ1v) is 11.5. The van der Waals surface area contributed by atoms with Gasteiger partial charge in [-0.25, -0.2) is 0 Å². The molecule has 0 aromatic heterocycles. The van der Waals surface area contributed by atoms with Crippen LogP contribution in [-0.4, -0.2) is 46.7 Å². The second-order valence-electron chi connectivity index (χ2n) is 6.86. The first kappa shape index (κ1) is 21.2. The smallest absolute Gasteiger partial charge is 0.293 e. The minimum Gasteiger partial charge on any atom is -0.350 e. The van der Waals surface area contributed by atoms with Gasteiger partial charge in [-0.3, -0.25) is 24.1 Å². The van der Waals surface area contributed by atoms with E-state index < -0.39 is 0 Å². The lowest BCUT2D eigenvalue weighted by molar-refractivity contribution is -0.122. The molecule has 0 unspecified atom stereocenters. The van der Waals surface area contributed by atoms with E-state index in [2.05, 4.69) is 10.6 Å². The summed E-state index contributed by atoms with van der Waals surface area (Å²) in [4.78, 5) is 51.4. The number of hydrogen-bond acceptors (Lipinski definition) is 6. The van der Waals surface area contributed by atoms with Crippen LogP contribution >= 0.6 is 23.5 Å². The van der Waals surface area contributed by atoms with Crippen LogP contribution in [0.25, 0.3) is 6.08 Å². The molecular weight excluding hydrogens is 434 g/mol. The van der Waals surface area contributed by atoms with E-state index in [1.807, 2.05) is 36.4 Å². The Morgan fingerprint density at radius 2 is 1.94 bits per heavy atom. The minimum atomic E-state index is -0.363. The highest BCUT2D eigenvalue weighted by atomic mass is 32.2. The molecule has 2 heterocycles. The van der Waals surface area contributed by atoms with E-state index >= 15 is 0 Å². The second-order valence-corrected chi connectivity index (χ2v) is 8.99. The Morgan fingerprint density at radius 3 is 2.74 bits per heavy atom. The minimum absolute atomic E-state index is 0.0771. The van der Waals surface area contributed by atoms with E-state index in [4.69, 9.17) is 0 Å². The molecule has 2 aliphatic heterocycles. The van der Waals surface area contributed by atoms with Gasteiger partial charge in [0, 0.05) is 35.7 Å². The number of fused-ring (bicyclic) bond motifs is 1. The summed E-state index contributed by atoms with van der Waals surface area (Å²) in [6.07, 6.45) is 2.11. The lowest BCUT2D eigenvalue weighted by Gasteiger charge is -2.13. The van der Waals surface area contributed by atoms with Crippen molar-refractivity contribution in [1.29, 1.82) is 0 Å². The Balaban J connectivity index is 1.35. The molecule has 2 aromatic rings. The van der Waals surface area contributed by atoms with E-state index in [-0.39, 0.29) is 36.1 Å². The molecule has 4 rings (SSSR count). The molecule has 1 saturated heterocycles. The molecule has 2 aliphatic rings. The largest absolute Gasteiger partial charge is 0.350 e. The first-order chi connectivity index (χ1) is 15.0. The number of benzene rings is 2. The molecule has 0 bridgehead atoms. The Hall–Kier alpha value is -3.04. The zero-order valence-corrected chi connectivity index (χ0v) is 18.1. The molecule has 9 heteroatoms. The molecule has 158 valence electrons. The fourth-order valence-electron chi connectivity index (χ4n) is 3.14. The van der Waals surface area contributed by atoms with Gasteiger partial charge in [0.2, 0.25) is 5.91 Å². The van der Waals surface area contributed by atoms with Crippen molar-refractivity contribution < 1.29 is 19.2 Å². The second kappa shape index (κ2) is 9.40. The summed E-state index contributed by atoms with van der Waals surface area (Å²) in [5.74, 6) is -0.0799. The van der Waals surface area contributed by atoms with E-state index in [0.717, 1.165) is 27.1 Å². The Bertz CT molecular complexity index is 1090. The normalized spacial score (nSPS) is 17.4. The van der Waals surface area contributed by atoms with Gasteiger partial charge in [0.05, 0.1) is 10.6 Å². The SMILES string of the molecule is O=C1CCSc2ccc(C(=O)NCCN3C(=O)S/C(=C/c4ccccc4)C3=O)cc2N1. The van der Waals surface area contributed by atoms with Crippen LogP contribution in [0.4, 0.5) is 10.5 Å². The fourth-order valence-corrected chi connectivity index (χ4v) is 4.94. The van der Waals surface area contributed by atoms with Crippen LogP contribution in [0.3, 0.4) is 0 Å². The summed E-state index contributed by atoms with van der Waals surface area (Å²) in [6, 6.07) is 14.5. The topological polar surface area (TPSA) is 95.6 Å². The molecule has 0 spiro atoms. The predicted octanol–water partition coefficient (Wildman–Crippen LogP) is 3.59. The van der Waals surface area contributed by atoms with Crippen LogP contribution < -0.4 is 10.6 Å². The third kappa shape index (κ3) is 5.00. The monoisotopic (exact) mass is 453 g/mol. The van der Waals surface area contributed by atoms with Crippen molar-refractivity contribution >= 4 is 58.2 Å². The number of thioether (sulfide) groups is 2. The molecule has 2 N–H and O–H groups in total. The van der Waals surface area contributed by atoms with E-state index in [1.54, 1.807) is 30.0 Å². The summed E-state index contributed by atoms with van der Waals surface area (Å²) in [7, 11) is 0. The van der Waals surface area contributed by atoms with Crippen molar-refractivity contribution in [2.24, 2.45) is 0 Å². The average Bonchev–Trinajstić information content (AvgIpc) is 2.91. The van der Waals surface area contributed by atoms with Crippen LogP contribution in [0, 0.1) is 0 Å². The summed E-state index contributed by atoms with van der Waals surface area (Å²) >= 11 is 2.46. The average molecular weight is 454 g/mol. The number of hydrogen-bond donors (Lipinski definition) is 2. The third-order valence-electron chi connectivity index (χ3n) is 4.69. The van der Waals surface area contributed by atoms with E-state index in [1.165, 1.54) is 0 Å². The van der Waals surface area contributed by atoms with Gasteiger partial charge in [-0.05, 0) is 41.6 Å². The van der Waals surface area contributed by atoms with E-state index in [0.29, 0.717) is 28.3 Å². The first-order valence-electron chi connectivity index (χ1n) is 9.66. The quantitative estimate of drug-likeness (QED) is 0.672. The number of nitrogens with zero attached hydrogens (tertiary/aromatic N) is 1. The van der Waals surface area contributed by atoms with Crippen molar-refractivity contribution in [3.63, 3.8) is 0 Å². The highest BCUT2D eigenvalue weighted by Gasteiger charge is 2.34. The van der Waals surface area contributed by atoms with Crippen LogP contribution in [0.5, 0.6) is 0 Å². The van der Waals surface area contributed by atoms with Gasteiger partial charge < -0.3 is 10.6 Å². The number of carbonyl (C=O) groups excluding carboxylic acids is 4. The highest BCUT2D eigenvalue weighted by molar-refractivity contribution is 8.18. The molecule has 0 saturated carbocycles. The van der Waals surface area contributed by atoms with Crippen molar-refractivity contribution in [1.82, 2.24) is 10.2 Å². The number of rotatable bonds is 5. The maximum atomic E-state index is 12.6. The number of amides is 4. The molecule has 2 aromatic carbocycles. The molecular formula is C22H19N3O4S2. The van der Waals surface area contributed by atoms with Crippen molar-refractivity contribution in [2.75, 3.05) is 24.2 Å². The van der Waals surface area contributed by atoms with E-state index in [9.17, 15) is 19.2 Å². The van der Waals surface area contributed by atoms with Gasteiger partial charge in [-0.1, -0.05) is 30.3 Å². The molecule has 0 radical (unpaired) electrons. The third-order valence-corrected chi connectivity index (χ3v) is 6.68. The predicted molar refractivity (Wildman–Crippen MR) is 122 cm³/mol.